The van der Waals surface area contributed by atoms with E-state index in [0.717, 1.165) is 5.56 Å². The number of fused-ring (bicyclic) bond motifs is 1. The Bertz CT molecular complexity index is 1000. The van der Waals surface area contributed by atoms with E-state index >= 15 is 0 Å². The Kier molecular flexibility index (Phi) is 6.56. The van der Waals surface area contributed by atoms with Crippen LogP contribution >= 0.6 is 0 Å². The fourth-order valence-corrected chi connectivity index (χ4v) is 3.01. The van der Waals surface area contributed by atoms with Crippen molar-refractivity contribution >= 4 is 23.0 Å². The zero-order valence-corrected chi connectivity index (χ0v) is 16.7. The van der Waals surface area contributed by atoms with Crippen molar-refractivity contribution in [3.63, 3.8) is 0 Å². The van der Waals surface area contributed by atoms with E-state index in [2.05, 4.69) is 10.1 Å². The molecule has 0 saturated carbocycles. The van der Waals surface area contributed by atoms with Gasteiger partial charge in [-0.2, -0.15) is 0 Å². The van der Waals surface area contributed by atoms with Gasteiger partial charge in [0.05, 0.1) is 35.6 Å². The summed E-state index contributed by atoms with van der Waals surface area (Å²) in [6.07, 6.45) is 0. The molecule has 0 bridgehead atoms. The quantitative estimate of drug-likeness (QED) is 0.539. The largest absolute Gasteiger partial charge is 0.465 e. The van der Waals surface area contributed by atoms with Gasteiger partial charge in [-0.25, -0.2) is 4.98 Å². The van der Waals surface area contributed by atoms with Crippen LogP contribution in [0.4, 0.5) is 0 Å². The van der Waals surface area contributed by atoms with Crippen LogP contribution in [0, 0.1) is 6.92 Å². The van der Waals surface area contributed by atoms with Crippen molar-refractivity contribution in [2.45, 2.75) is 13.8 Å². The first-order valence-electron chi connectivity index (χ1n) is 9.31. The van der Waals surface area contributed by atoms with Crippen LogP contribution in [-0.4, -0.2) is 60.3 Å². The number of esters is 1. The van der Waals surface area contributed by atoms with Crippen LogP contribution in [0.25, 0.3) is 22.4 Å². The maximum Gasteiger partial charge on any atom is 0.325 e. The number of carbonyl (C=O) groups is 2. The smallest absolute Gasteiger partial charge is 0.325 e. The van der Waals surface area contributed by atoms with E-state index < -0.39 is 5.97 Å². The molecule has 0 radical (unpaired) electrons. The summed E-state index contributed by atoms with van der Waals surface area (Å²) in [6.45, 7) is 4.06. The molecule has 0 atom stereocenters. The van der Waals surface area contributed by atoms with Gasteiger partial charge in [0.2, 0.25) is 0 Å². The molecule has 1 aromatic carbocycles. The maximum absolute atomic E-state index is 13.4. The van der Waals surface area contributed by atoms with Crippen molar-refractivity contribution in [1.29, 1.82) is 0 Å². The van der Waals surface area contributed by atoms with E-state index in [0.29, 0.717) is 22.3 Å². The Hall–Kier alpha value is -3.26. The molecule has 3 aromatic rings. The second kappa shape index (κ2) is 9.29. The number of hydrogen-bond donors (Lipinski definition) is 0. The summed E-state index contributed by atoms with van der Waals surface area (Å²) in [5.74, 6) is -0.821. The Morgan fingerprint density at radius 3 is 2.66 bits per heavy atom. The number of carbonyl (C=O) groups excluding carboxylic acids is 2. The standard InChI is InChI=1S/C21H23N3O5/c1-4-28-18(25)13-24(10-11-27-3)21(26)16-12-17(15-8-6-5-7-9-15)22-20-19(16)14(2)23-29-20/h5-9,12H,4,10-11,13H2,1-3H3. The predicted molar refractivity (Wildman–Crippen MR) is 106 cm³/mol. The lowest BCUT2D eigenvalue weighted by atomic mass is 10.0. The van der Waals surface area contributed by atoms with E-state index in [4.69, 9.17) is 14.0 Å². The molecule has 3 rings (SSSR count). The highest BCUT2D eigenvalue weighted by Crippen LogP contribution is 2.28. The third-order valence-corrected chi connectivity index (χ3v) is 4.39. The number of methoxy groups -OCH3 is 1. The number of benzene rings is 1. The molecule has 0 N–H and O–H groups in total. The number of pyridine rings is 1. The van der Waals surface area contributed by atoms with Gasteiger partial charge in [-0.15, -0.1) is 0 Å². The minimum atomic E-state index is -0.479. The summed E-state index contributed by atoms with van der Waals surface area (Å²) in [5.41, 5.74) is 2.62. The minimum Gasteiger partial charge on any atom is -0.465 e. The first-order chi connectivity index (χ1) is 14.0. The van der Waals surface area contributed by atoms with Gasteiger partial charge >= 0.3 is 5.97 Å². The van der Waals surface area contributed by atoms with E-state index in [1.54, 1.807) is 19.9 Å². The van der Waals surface area contributed by atoms with Gasteiger partial charge in [0, 0.05) is 19.2 Å². The number of hydrogen-bond acceptors (Lipinski definition) is 7. The molecule has 152 valence electrons. The van der Waals surface area contributed by atoms with Gasteiger partial charge < -0.3 is 18.9 Å². The van der Waals surface area contributed by atoms with Gasteiger partial charge in [-0.05, 0) is 19.9 Å². The summed E-state index contributed by atoms with van der Waals surface area (Å²) in [4.78, 5) is 31.3. The van der Waals surface area contributed by atoms with Crippen LogP contribution < -0.4 is 0 Å². The lowest BCUT2D eigenvalue weighted by molar-refractivity contribution is -0.143. The highest BCUT2D eigenvalue weighted by atomic mass is 16.5. The lowest BCUT2D eigenvalue weighted by Gasteiger charge is -2.22. The SMILES string of the molecule is CCOC(=O)CN(CCOC)C(=O)c1cc(-c2ccccc2)nc2onc(C)c12. The molecule has 2 heterocycles. The van der Waals surface area contributed by atoms with Crippen molar-refractivity contribution in [3.05, 3.63) is 47.7 Å². The fourth-order valence-electron chi connectivity index (χ4n) is 3.01. The summed E-state index contributed by atoms with van der Waals surface area (Å²) >= 11 is 0. The van der Waals surface area contributed by atoms with Crippen molar-refractivity contribution in [1.82, 2.24) is 15.0 Å². The predicted octanol–water partition coefficient (Wildman–Crippen LogP) is 2.85. The van der Waals surface area contributed by atoms with Crippen LogP contribution in [0.3, 0.4) is 0 Å². The highest BCUT2D eigenvalue weighted by molar-refractivity contribution is 6.07. The average molecular weight is 397 g/mol. The minimum absolute atomic E-state index is 0.176. The summed E-state index contributed by atoms with van der Waals surface area (Å²) in [5, 5.41) is 4.49. The normalized spacial score (nSPS) is 10.9. The second-order valence-electron chi connectivity index (χ2n) is 6.39. The van der Waals surface area contributed by atoms with Gasteiger partial charge in [0.25, 0.3) is 11.6 Å². The third kappa shape index (κ3) is 4.60. The van der Waals surface area contributed by atoms with Crippen LogP contribution in [0.5, 0.6) is 0 Å². The van der Waals surface area contributed by atoms with Gasteiger partial charge in [-0.3, -0.25) is 9.59 Å². The molecule has 0 aliphatic rings. The molecule has 0 aliphatic heterocycles. The van der Waals surface area contributed by atoms with E-state index in [-0.39, 0.29) is 37.9 Å². The molecule has 0 spiro atoms. The Morgan fingerprint density at radius 2 is 1.97 bits per heavy atom. The molecule has 0 fully saturated rings. The summed E-state index contributed by atoms with van der Waals surface area (Å²) < 4.78 is 15.4. The van der Waals surface area contributed by atoms with Crippen molar-refractivity contribution in [2.24, 2.45) is 0 Å². The first kappa shape index (κ1) is 20.5. The Balaban J connectivity index is 2.05. The zero-order valence-electron chi connectivity index (χ0n) is 16.7. The number of amides is 1. The Labute approximate surface area is 168 Å². The molecule has 0 unspecified atom stereocenters. The average Bonchev–Trinajstić information content (AvgIpc) is 3.11. The first-order valence-corrected chi connectivity index (χ1v) is 9.31. The lowest BCUT2D eigenvalue weighted by Crippen LogP contribution is -2.38. The molecule has 2 aromatic heterocycles. The zero-order chi connectivity index (χ0) is 20.8. The monoisotopic (exact) mass is 397 g/mol. The van der Waals surface area contributed by atoms with E-state index in [1.807, 2.05) is 30.3 Å². The molecule has 1 amide bonds. The van der Waals surface area contributed by atoms with Crippen molar-refractivity contribution in [3.8, 4) is 11.3 Å². The van der Waals surface area contributed by atoms with E-state index in [1.165, 1.54) is 12.0 Å². The number of nitrogens with zero attached hydrogens (tertiary/aromatic N) is 3. The van der Waals surface area contributed by atoms with Crippen LogP contribution in [0.2, 0.25) is 0 Å². The molecule has 8 nitrogen and oxygen atoms in total. The summed E-state index contributed by atoms with van der Waals surface area (Å²) in [7, 11) is 1.54. The number of rotatable bonds is 8. The van der Waals surface area contributed by atoms with Gasteiger partial charge in [0.15, 0.2) is 0 Å². The summed E-state index contributed by atoms with van der Waals surface area (Å²) in [6, 6.07) is 11.2. The number of aryl methyl sites for hydroxylation is 1. The van der Waals surface area contributed by atoms with Gasteiger partial charge in [-0.1, -0.05) is 35.5 Å². The maximum atomic E-state index is 13.4. The molecule has 8 heteroatoms. The molecular formula is C21H23N3O5. The van der Waals surface area contributed by atoms with Crippen molar-refractivity contribution < 1.29 is 23.6 Å². The van der Waals surface area contributed by atoms with E-state index in [9.17, 15) is 9.59 Å². The molecule has 29 heavy (non-hydrogen) atoms. The number of aromatic nitrogens is 2. The molecule has 0 aliphatic carbocycles. The highest BCUT2D eigenvalue weighted by Gasteiger charge is 2.25. The van der Waals surface area contributed by atoms with Gasteiger partial charge in [0.1, 0.15) is 6.54 Å². The second-order valence-corrected chi connectivity index (χ2v) is 6.39. The van der Waals surface area contributed by atoms with Crippen LogP contribution in [-0.2, 0) is 14.3 Å². The molecular weight excluding hydrogens is 374 g/mol. The van der Waals surface area contributed by atoms with Crippen LogP contribution in [0.1, 0.15) is 23.0 Å². The van der Waals surface area contributed by atoms with Crippen LogP contribution in [0.15, 0.2) is 40.9 Å². The number of ether oxygens (including phenoxy) is 2. The molecule has 0 saturated heterocycles. The third-order valence-electron chi connectivity index (χ3n) is 4.39. The fraction of sp³-hybridized carbons (Fsp3) is 0.333. The topological polar surface area (TPSA) is 94.8 Å². The van der Waals surface area contributed by atoms with Crippen molar-refractivity contribution in [2.75, 3.05) is 33.4 Å². The Morgan fingerprint density at radius 1 is 1.21 bits per heavy atom.